The molecule has 3 nitrogen and oxygen atoms in total. The molecule has 2 atom stereocenters. The lowest BCUT2D eigenvalue weighted by molar-refractivity contribution is 0.0110. The van der Waals surface area contributed by atoms with Crippen molar-refractivity contribution in [2.45, 2.75) is 45.6 Å². The van der Waals surface area contributed by atoms with Gasteiger partial charge in [0.2, 0.25) is 0 Å². The molecule has 0 aromatic carbocycles. The van der Waals surface area contributed by atoms with Crippen molar-refractivity contribution < 1.29 is 4.74 Å². The summed E-state index contributed by atoms with van der Waals surface area (Å²) in [5.74, 6) is 1.66. The van der Waals surface area contributed by atoms with Crippen molar-refractivity contribution in [2.24, 2.45) is 11.8 Å². The molecule has 0 N–H and O–H groups in total. The van der Waals surface area contributed by atoms with Gasteiger partial charge in [0.25, 0.3) is 0 Å². The highest BCUT2D eigenvalue weighted by Gasteiger charge is 2.28. The van der Waals surface area contributed by atoms with Crippen molar-refractivity contribution in [1.82, 2.24) is 9.80 Å². The van der Waals surface area contributed by atoms with Gasteiger partial charge in [-0.2, -0.15) is 0 Å². The van der Waals surface area contributed by atoms with Gasteiger partial charge in [-0.1, -0.05) is 18.6 Å². The van der Waals surface area contributed by atoms with Crippen LogP contribution in [0, 0.1) is 11.8 Å². The van der Waals surface area contributed by atoms with Gasteiger partial charge in [0.15, 0.2) is 0 Å². The largest absolute Gasteiger partial charge is 0.381 e. The summed E-state index contributed by atoms with van der Waals surface area (Å²) in [6, 6.07) is 0.788. The van der Waals surface area contributed by atoms with Gasteiger partial charge in [0.05, 0.1) is 0 Å². The van der Waals surface area contributed by atoms with Crippen LogP contribution in [0.15, 0.2) is 11.6 Å². The zero-order valence-electron chi connectivity index (χ0n) is 13.9. The van der Waals surface area contributed by atoms with Crippen LogP contribution in [0.4, 0.5) is 0 Å². The van der Waals surface area contributed by atoms with Crippen molar-refractivity contribution in [1.29, 1.82) is 0 Å². The standard InChI is InChI=1S/C18H32N2O/c1-15-4-3-5-16(2)18(15)14-19-8-10-20(11-9-19)17-6-12-21-13-7-17/h4,16-18H,3,5-14H2,1-2H3/t16-,18-/m1/s1. The maximum absolute atomic E-state index is 5.49. The van der Waals surface area contributed by atoms with Gasteiger partial charge >= 0.3 is 0 Å². The van der Waals surface area contributed by atoms with Crippen LogP contribution in [0.2, 0.25) is 0 Å². The summed E-state index contributed by atoms with van der Waals surface area (Å²) in [6.07, 6.45) is 7.62. The smallest absolute Gasteiger partial charge is 0.0480 e. The first-order chi connectivity index (χ1) is 10.2. The number of hydrogen-bond donors (Lipinski definition) is 0. The molecule has 0 aromatic heterocycles. The van der Waals surface area contributed by atoms with Crippen LogP contribution in [-0.4, -0.2) is 61.8 Å². The third-order valence-corrected chi connectivity index (χ3v) is 5.93. The minimum absolute atomic E-state index is 0.788. The van der Waals surface area contributed by atoms with Crippen molar-refractivity contribution >= 4 is 0 Å². The Balaban J connectivity index is 1.47. The lowest BCUT2D eigenvalue weighted by Gasteiger charge is -2.42. The molecule has 0 saturated carbocycles. The van der Waals surface area contributed by atoms with Crippen molar-refractivity contribution in [2.75, 3.05) is 45.9 Å². The van der Waals surface area contributed by atoms with Gasteiger partial charge in [0.1, 0.15) is 0 Å². The van der Waals surface area contributed by atoms with E-state index in [-0.39, 0.29) is 0 Å². The van der Waals surface area contributed by atoms with E-state index < -0.39 is 0 Å². The van der Waals surface area contributed by atoms with Gasteiger partial charge in [-0.3, -0.25) is 4.90 Å². The highest BCUT2D eigenvalue weighted by molar-refractivity contribution is 5.09. The molecule has 2 saturated heterocycles. The molecule has 21 heavy (non-hydrogen) atoms. The van der Waals surface area contributed by atoms with Gasteiger partial charge in [-0.15, -0.1) is 0 Å². The predicted molar refractivity (Wildman–Crippen MR) is 87.5 cm³/mol. The van der Waals surface area contributed by atoms with Gasteiger partial charge < -0.3 is 9.64 Å². The highest BCUT2D eigenvalue weighted by Crippen LogP contribution is 2.31. The lowest BCUT2D eigenvalue weighted by atomic mass is 9.79. The molecule has 2 heterocycles. The van der Waals surface area contributed by atoms with Gasteiger partial charge in [-0.05, 0) is 44.4 Å². The van der Waals surface area contributed by atoms with E-state index in [1.807, 2.05) is 0 Å². The lowest BCUT2D eigenvalue weighted by Crippen LogP contribution is -2.52. The van der Waals surface area contributed by atoms with E-state index in [9.17, 15) is 0 Å². The Labute approximate surface area is 130 Å². The SMILES string of the molecule is CC1=CCC[C@@H](C)[C@@H]1CN1CCN(C2CCOCC2)CC1. The summed E-state index contributed by atoms with van der Waals surface area (Å²) < 4.78 is 5.49. The summed E-state index contributed by atoms with van der Waals surface area (Å²) in [5.41, 5.74) is 1.64. The van der Waals surface area contributed by atoms with Crippen LogP contribution in [-0.2, 0) is 4.74 Å². The number of ether oxygens (including phenoxy) is 1. The molecule has 2 fully saturated rings. The summed E-state index contributed by atoms with van der Waals surface area (Å²) in [4.78, 5) is 5.42. The quantitative estimate of drug-likeness (QED) is 0.744. The molecule has 3 rings (SSSR count). The third kappa shape index (κ3) is 3.88. The van der Waals surface area contributed by atoms with Crippen LogP contribution < -0.4 is 0 Å². The van der Waals surface area contributed by atoms with Crippen molar-refractivity contribution in [3.8, 4) is 0 Å². The minimum atomic E-state index is 0.788. The Morgan fingerprint density at radius 1 is 1.10 bits per heavy atom. The zero-order valence-corrected chi connectivity index (χ0v) is 13.9. The number of piperazine rings is 1. The average molecular weight is 292 g/mol. The molecule has 0 unspecified atom stereocenters. The fraction of sp³-hybridized carbons (Fsp3) is 0.889. The fourth-order valence-electron chi connectivity index (χ4n) is 4.34. The van der Waals surface area contributed by atoms with Crippen LogP contribution in [0.5, 0.6) is 0 Å². The van der Waals surface area contributed by atoms with Crippen molar-refractivity contribution in [3.05, 3.63) is 11.6 Å². The van der Waals surface area contributed by atoms with Gasteiger partial charge in [0, 0.05) is 52.0 Å². The molecule has 0 bridgehead atoms. The first-order valence-electron chi connectivity index (χ1n) is 8.95. The molecule has 0 spiro atoms. The normalized spacial score (nSPS) is 33.9. The van der Waals surface area contributed by atoms with Gasteiger partial charge in [-0.25, -0.2) is 0 Å². The van der Waals surface area contributed by atoms with Crippen LogP contribution >= 0.6 is 0 Å². The summed E-state index contributed by atoms with van der Waals surface area (Å²) >= 11 is 0. The van der Waals surface area contributed by atoms with E-state index >= 15 is 0 Å². The predicted octanol–water partition coefficient (Wildman–Crippen LogP) is 2.78. The Hall–Kier alpha value is -0.380. The second-order valence-corrected chi connectivity index (χ2v) is 7.29. The van der Waals surface area contributed by atoms with E-state index in [0.717, 1.165) is 31.1 Å². The van der Waals surface area contributed by atoms with E-state index in [1.165, 1.54) is 58.4 Å². The van der Waals surface area contributed by atoms with E-state index in [0.29, 0.717) is 0 Å². The first-order valence-corrected chi connectivity index (χ1v) is 8.95. The van der Waals surface area contributed by atoms with E-state index in [2.05, 4.69) is 29.7 Å². The average Bonchev–Trinajstić information content (AvgIpc) is 2.53. The molecular weight excluding hydrogens is 260 g/mol. The molecule has 1 aliphatic carbocycles. The Bertz CT molecular complexity index is 354. The first kappa shape index (κ1) is 15.5. The number of rotatable bonds is 3. The number of nitrogens with zero attached hydrogens (tertiary/aromatic N) is 2. The Kier molecular flexibility index (Phi) is 5.36. The van der Waals surface area contributed by atoms with E-state index in [1.54, 1.807) is 5.57 Å². The fourth-order valence-corrected chi connectivity index (χ4v) is 4.34. The second-order valence-electron chi connectivity index (χ2n) is 7.29. The maximum Gasteiger partial charge on any atom is 0.0480 e. The molecule has 2 aliphatic heterocycles. The zero-order chi connectivity index (χ0) is 14.7. The summed E-state index contributed by atoms with van der Waals surface area (Å²) in [6.45, 7) is 13.0. The van der Waals surface area contributed by atoms with E-state index in [4.69, 9.17) is 4.74 Å². The van der Waals surface area contributed by atoms with Crippen LogP contribution in [0.1, 0.15) is 39.5 Å². The second kappa shape index (κ2) is 7.26. The van der Waals surface area contributed by atoms with Crippen molar-refractivity contribution in [3.63, 3.8) is 0 Å². The molecular formula is C18H32N2O. The Morgan fingerprint density at radius 2 is 1.81 bits per heavy atom. The number of hydrogen-bond acceptors (Lipinski definition) is 3. The molecule has 0 amide bonds. The molecule has 3 heteroatoms. The molecule has 3 aliphatic rings. The monoisotopic (exact) mass is 292 g/mol. The minimum Gasteiger partial charge on any atom is -0.381 e. The maximum atomic E-state index is 5.49. The number of allylic oxidation sites excluding steroid dienone is 1. The summed E-state index contributed by atoms with van der Waals surface area (Å²) in [5, 5.41) is 0. The molecule has 0 radical (unpaired) electrons. The summed E-state index contributed by atoms with van der Waals surface area (Å²) in [7, 11) is 0. The van der Waals surface area contributed by atoms with Crippen LogP contribution in [0.25, 0.3) is 0 Å². The highest BCUT2D eigenvalue weighted by atomic mass is 16.5. The van der Waals surface area contributed by atoms with Crippen LogP contribution in [0.3, 0.4) is 0 Å². The molecule has 120 valence electrons. The topological polar surface area (TPSA) is 15.7 Å². The Morgan fingerprint density at radius 3 is 2.48 bits per heavy atom. The molecule has 0 aromatic rings. The third-order valence-electron chi connectivity index (χ3n) is 5.93.